The van der Waals surface area contributed by atoms with Crippen LogP contribution in [0.1, 0.15) is 52.9 Å². The van der Waals surface area contributed by atoms with Crippen molar-refractivity contribution in [3.8, 4) is 0 Å². The number of ether oxygens (including phenoxy) is 1. The molecular weight excluding hydrogens is 198 g/mol. The molecule has 2 fully saturated rings. The maximum Gasteiger partial charge on any atom is 0.0685 e. The minimum atomic E-state index is 0.309. The zero-order chi connectivity index (χ0) is 11.6. The zero-order valence-corrected chi connectivity index (χ0v) is 11.1. The quantitative estimate of drug-likeness (QED) is 0.794. The fraction of sp³-hybridized carbons (Fsp3) is 1.00. The van der Waals surface area contributed by atoms with Crippen LogP contribution in [-0.4, -0.2) is 24.8 Å². The summed E-state index contributed by atoms with van der Waals surface area (Å²) in [6, 6.07) is 0.644. The summed E-state index contributed by atoms with van der Waals surface area (Å²) in [6.07, 6.45) is 6.57. The molecule has 2 aliphatic rings. The monoisotopic (exact) mass is 225 g/mol. The first-order valence-corrected chi connectivity index (χ1v) is 7.04. The molecule has 1 aliphatic carbocycles. The molecule has 2 heteroatoms. The SMILES string of the molecule is CCNC(C)C(C)C1CCOC2(CCC2)C1. The van der Waals surface area contributed by atoms with Gasteiger partial charge in [-0.05, 0) is 57.4 Å². The molecule has 1 spiro atoms. The van der Waals surface area contributed by atoms with Gasteiger partial charge in [0.2, 0.25) is 0 Å². The Morgan fingerprint density at radius 2 is 2.12 bits per heavy atom. The van der Waals surface area contributed by atoms with Crippen molar-refractivity contribution in [3.63, 3.8) is 0 Å². The summed E-state index contributed by atoms with van der Waals surface area (Å²) in [5, 5.41) is 3.57. The molecule has 3 unspecified atom stereocenters. The summed E-state index contributed by atoms with van der Waals surface area (Å²) in [7, 11) is 0. The highest BCUT2D eigenvalue weighted by molar-refractivity contribution is 4.95. The number of rotatable bonds is 4. The first-order chi connectivity index (χ1) is 7.67. The van der Waals surface area contributed by atoms with Gasteiger partial charge in [-0.3, -0.25) is 0 Å². The maximum atomic E-state index is 6.00. The van der Waals surface area contributed by atoms with Crippen molar-refractivity contribution < 1.29 is 4.74 Å². The van der Waals surface area contributed by atoms with Gasteiger partial charge in [0, 0.05) is 12.6 Å². The van der Waals surface area contributed by atoms with Crippen LogP contribution in [0.3, 0.4) is 0 Å². The van der Waals surface area contributed by atoms with Gasteiger partial charge in [-0.25, -0.2) is 0 Å². The lowest BCUT2D eigenvalue weighted by Gasteiger charge is -2.49. The average molecular weight is 225 g/mol. The Morgan fingerprint density at radius 3 is 2.69 bits per heavy atom. The summed E-state index contributed by atoms with van der Waals surface area (Å²) in [6.45, 7) is 9.01. The molecule has 2 nitrogen and oxygen atoms in total. The van der Waals surface area contributed by atoms with Gasteiger partial charge in [-0.2, -0.15) is 0 Å². The molecule has 16 heavy (non-hydrogen) atoms. The van der Waals surface area contributed by atoms with E-state index < -0.39 is 0 Å². The summed E-state index contributed by atoms with van der Waals surface area (Å²) in [5.41, 5.74) is 0.309. The van der Waals surface area contributed by atoms with E-state index in [1.165, 1.54) is 32.1 Å². The fourth-order valence-corrected chi connectivity index (χ4v) is 3.35. The predicted octanol–water partition coefficient (Wildman–Crippen LogP) is 2.97. The number of hydrogen-bond donors (Lipinski definition) is 1. The van der Waals surface area contributed by atoms with E-state index in [0.717, 1.165) is 25.0 Å². The van der Waals surface area contributed by atoms with E-state index in [-0.39, 0.29) is 0 Å². The van der Waals surface area contributed by atoms with E-state index in [9.17, 15) is 0 Å². The first-order valence-electron chi connectivity index (χ1n) is 7.04. The van der Waals surface area contributed by atoms with Gasteiger partial charge in [0.1, 0.15) is 0 Å². The van der Waals surface area contributed by atoms with E-state index in [0.29, 0.717) is 11.6 Å². The smallest absolute Gasteiger partial charge is 0.0685 e. The first kappa shape index (κ1) is 12.4. The lowest BCUT2D eigenvalue weighted by Crippen LogP contribution is -2.48. The fourth-order valence-electron chi connectivity index (χ4n) is 3.35. The Morgan fingerprint density at radius 1 is 1.38 bits per heavy atom. The highest BCUT2D eigenvalue weighted by atomic mass is 16.5. The molecule has 1 heterocycles. The second-order valence-electron chi connectivity index (χ2n) is 5.84. The van der Waals surface area contributed by atoms with Gasteiger partial charge >= 0.3 is 0 Å². The lowest BCUT2D eigenvalue weighted by atomic mass is 9.68. The van der Waals surface area contributed by atoms with Crippen LogP contribution in [0, 0.1) is 11.8 Å². The van der Waals surface area contributed by atoms with E-state index in [4.69, 9.17) is 4.74 Å². The van der Waals surface area contributed by atoms with Crippen LogP contribution >= 0.6 is 0 Å². The predicted molar refractivity (Wildman–Crippen MR) is 67.6 cm³/mol. The summed E-state index contributed by atoms with van der Waals surface area (Å²) >= 11 is 0. The van der Waals surface area contributed by atoms with E-state index in [1.807, 2.05) is 0 Å². The second-order valence-corrected chi connectivity index (χ2v) is 5.84. The molecule has 3 atom stereocenters. The Hall–Kier alpha value is -0.0800. The minimum Gasteiger partial charge on any atom is -0.375 e. The normalized spacial score (nSPS) is 32.1. The third-order valence-electron chi connectivity index (χ3n) is 4.85. The molecule has 2 rings (SSSR count). The average Bonchev–Trinajstić information content (AvgIpc) is 2.26. The van der Waals surface area contributed by atoms with Crippen LogP contribution < -0.4 is 5.32 Å². The minimum absolute atomic E-state index is 0.309. The van der Waals surface area contributed by atoms with Gasteiger partial charge in [-0.1, -0.05) is 13.8 Å². The standard InChI is InChI=1S/C14H27NO/c1-4-15-12(3)11(2)13-6-9-16-14(10-13)7-5-8-14/h11-13,15H,4-10H2,1-3H3. The molecule has 0 aromatic carbocycles. The van der Waals surface area contributed by atoms with Crippen molar-refractivity contribution in [1.29, 1.82) is 0 Å². The largest absolute Gasteiger partial charge is 0.375 e. The molecule has 0 amide bonds. The molecule has 1 saturated carbocycles. The van der Waals surface area contributed by atoms with Crippen LogP contribution in [-0.2, 0) is 4.74 Å². The Labute approximate surface area is 100 Å². The van der Waals surface area contributed by atoms with E-state index in [2.05, 4.69) is 26.1 Å². The highest BCUT2D eigenvalue weighted by Crippen LogP contribution is 2.46. The molecule has 0 bridgehead atoms. The van der Waals surface area contributed by atoms with Crippen molar-refractivity contribution in [3.05, 3.63) is 0 Å². The van der Waals surface area contributed by atoms with Crippen molar-refractivity contribution in [2.24, 2.45) is 11.8 Å². The van der Waals surface area contributed by atoms with Crippen molar-refractivity contribution in [2.45, 2.75) is 64.5 Å². The molecule has 1 saturated heterocycles. The highest BCUT2D eigenvalue weighted by Gasteiger charge is 2.44. The van der Waals surface area contributed by atoms with Gasteiger partial charge in [-0.15, -0.1) is 0 Å². The second kappa shape index (κ2) is 5.05. The van der Waals surface area contributed by atoms with Crippen LogP contribution in [0.5, 0.6) is 0 Å². The van der Waals surface area contributed by atoms with Crippen LogP contribution in [0.15, 0.2) is 0 Å². The third kappa shape index (κ3) is 2.43. The zero-order valence-electron chi connectivity index (χ0n) is 11.1. The molecular formula is C14H27NO. The molecule has 1 aliphatic heterocycles. The van der Waals surface area contributed by atoms with Crippen LogP contribution in [0.2, 0.25) is 0 Å². The Kier molecular flexibility index (Phi) is 3.91. The van der Waals surface area contributed by atoms with Crippen LogP contribution in [0.4, 0.5) is 0 Å². The van der Waals surface area contributed by atoms with Gasteiger partial charge < -0.3 is 10.1 Å². The van der Waals surface area contributed by atoms with Gasteiger partial charge in [0.05, 0.1) is 5.60 Å². The van der Waals surface area contributed by atoms with E-state index in [1.54, 1.807) is 0 Å². The Bertz CT molecular complexity index is 225. The van der Waals surface area contributed by atoms with Crippen molar-refractivity contribution in [2.75, 3.05) is 13.2 Å². The van der Waals surface area contributed by atoms with E-state index >= 15 is 0 Å². The molecule has 1 N–H and O–H groups in total. The molecule has 94 valence electrons. The van der Waals surface area contributed by atoms with Gasteiger partial charge in [0.15, 0.2) is 0 Å². The number of hydrogen-bond acceptors (Lipinski definition) is 2. The van der Waals surface area contributed by atoms with Gasteiger partial charge in [0.25, 0.3) is 0 Å². The summed E-state index contributed by atoms with van der Waals surface area (Å²) in [5.74, 6) is 1.64. The number of nitrogens with one attached hydrogen (secondary N) is 1. The molecule has 0 aromatic heterocycles. The summed E-state index contributed by atoms with van der Waals surface area (Å²) in [4.78, 5) is 0. The third-order valence-corrected chi connectivity index (χ3v) is 4.85. The lowest BCUT2D eigenvalue weighted by molar-refractivity contribution is -0.150. The van der Waals surface area contributed by atoms with Crippen molar-refractivity contribution >= 4 is 0 Å². The maximum absolute atomic E-state index is 6.00. The molecule has 0 radical (unpaired) electrons. The summed E-state index contributed by atoms with van der Waals surface area (Å²) < 4.78 is 6.00. The molecule has 0 aromatic rings. The topological polar surface area (TPSA) is 21.3 Å². The van der Waals surface area contributed by atoms with Crippen molar-refractivity contribution in [1.82, 2.24) is 5.32 Å². The Balaban J connectivity index is 1.88. The van der Waals surface area contributed by atoms with Crippen LogP contribution in [0.25, 0.3) is 0 Å².